The number of halogens is 1. The van der Waals surface area contributed by atoms with Crippen LogP contribution in [0.1, 0.15) is 12.8 Å². The lowest BCUT2D eigenvalue weighted by molar-refractivity contribution is -1.05. The van der Waals surface area contributed by atoms with Crippen LogP contribution in [0.15, 0.2) is 43.0 Å². The summed E-state index contributed by atoms with van der Waals surface area (Å²) in [7, 11) is 4.13. The number of rotatable bonds is 6. The van der Waals surface area contributed by atoms with Crippen LogP contribution in [0.2, 0.25) is 0 Å². The molecule has 16 heavy (non-hydrogen) atoms. The van der Waals surface area contributed by atoms with Crippen LogP contribution in [-0.4, -0.2) is 25.3 Å². The molecule has 0 aliphatic heterocycles. The smallest absolute Gasteiger partial charge is 0.190 e. The van der Waals surface area contributed by atoms with Gasteiger partial charge in [0.05, 0.1) is 0 Å². The van der Waals surface area contributed by atoms with Gasteiger partial charge in [0.1, 0.15) is 20.6 Å². The largest absolute Gasteiger partial charge is 1.00 e. The Labute approximate surface area is 109 Å². The molecule has 2 nitrogen and oxygen atoms in total. The number of quaternary nitrogens is 1. The van der Waals surface area contributed by atoms with Crippen LogP contribution in [0, 0.1) is 0 Å². The van der Waals surface area contributed by atoms with Gasteiger partial charge < -0.3 is 21.8 Å². The first-order chi connectivity index (χ1) is 7.14. The van der Waals surface area contributed by atoms with Crippen LogP contribution in [-0.2, 0) is 0 Å². The maximum absolute atomic E-state index is 5.85. The third-order valence-corrected chi connectivity index (χ3v) is 2.20. The minimum absolute atomic E-state index is 0. The first kappa shape index (κ1) is 15.2. The molecule has 0 aliphatic rings. The van der Waals surface area contributed by atoms with Crippen molar-refractivity contribution in [2.24, 2.45) is 0 Å². The number of hydrogen-bond donors (Lipinski definition) is 0. The van der Waals surface area contributed by atoms with Crippen molar-refractivity contribution in [2.45, 2.75) is 12.8 Å². The van der Waals surface area contributed by atoms with Crippen LogP contribution < -0.4 is 21.8 Å². The van der Waals surface area contributed by atoms with E-state index in [9.17, 15) is 0 Å². The van der Waals surface area contributed by atoms with Gasteiger partial charge in [-0.2, -0.15) is 0 Å². The van der Waals surface area contributed by atoms with Crippen molar-refractivity contribution in [3.05, 3.63) is 43.0 Å². The van der Waals surface area contributed by atoms with Gasteiger partial charge >= 0.3 is 0 Å². The molecule has 0 aromatic heterocycles. The van der Waals surface area contributed by atoms with Crippen LogP contribution in [0.25, 0.3) is 0 Å². The molecule has 0 aliphatic carbocycles. The number of allylic oxidation sites excluding steroid dienone is 1. The summed E-state index contributed by atoms with van der Waals surface area (Å²) in [6.45, 7) is 4.70. The SMILES string of the molecule is C=CCCC[N+](C)(C)Oc1ccccc1.[Br-]. The van der Waals surface area contributed by atoms with Crippen molar-refractivity contribution in [2.75, 3.05) is 20.6 Å². The normalized spacial score (nSPS) is 10.4. The zero-order chi connectivity index (χ0) is 11.1. The molecule has 1 aromatic rings. The maximum Gasteiger partial charge on any atom is 0.190 e. The summed E-state index contributed by atoms with van der Waals surface area (Å²) < 4.78 is 0.553. The van der Waals surface area contributed by atoms with Gasteiger partial charge in [-0.1, -0.05) is 24.3 Å². The highest BCUT2D eigenvalue weighted by Crippen LogP contribution is 2.14. The van der Waals surface area contributed by atoms with E-state index in [1.54, 1.807) is 0 Å². The molecule has 0 radical (unpaired) electrons. The summed E-state index contributed by atoms with van der Waals surface area (Å²) in [6, 6.07) is 9.92. The molecule has 3 heteroatoms. The molecule has 1 aromatic carbocycles. The van der Waals surface area contributed by atoms with Crippen LogP contribution in [0.3, 0.4) is 0 Å². The fourth-order valence-electron chi connectivity index (χ4n) is 1.43. The van der Waals surface area contributed by atoms with Crippen molar-refractivity contribution in [3.63, 3.8) is 0 Å². The van der Waals surface area contributed by atoms with Crippen LogP contribution in [0.4, 0.5) is 0 Å². The van der Waals surface area contributed by atoms with E-state index in [1.165, 1.54) is 0 Å². The Morgan fingerprint density at radius 3 is 2.44 bits per heavy atom. The third-order valence-electron chi connectivity index (χ3n) is 2.20. The molecule has 0 bridgehead atoms. The van der Waals surface area contributed by atoms with Gasteiger partial charge in [-0.25, -0.2) is 0 Å². The average molecular weight is 286 g/mol. The zero-order valence-corrected chi connectivity index (χ0v) is 11.6. The van der Waals surface area contributed by atoms with E-state index in [1.807, 2.05) is 36.4 Å². The predicted molar refractivity (Wildman–Crippen MR) is 63.5 cm³/mol. The Kier molecular flexibility index (Phi) is 7.10. The van der Waals surface area contributed by atoms with E-state index in [-0.39, 0.29) is 17.0 Å². The number of hydroxylamine groups is 3. The van der Waals surface area contributed by atoms with Gasteiger partial charge in [0, 0.05) is 6.42 Å². The molecular weight excluding hydrogens is 266 g/mol. The van der Waals surface area contributed by atoms with Gasteiger partial charge in [0.2, 0.25) is 0 Å². The lowest BCUT2D eigenvalue weighted by Crippen LogP contribution is -3.00. The van der Waals surface area contributed by atoms with Gasteiger partial charge in [-0.3, -0.25) is 0 Å². The Balaban J connectivity index is 0.00000225. The molecule has 0 fully saturated rings. The third kappa shape index (κ3) is 5.93. The average Bonchev–Trinajstić information content (AvgIpc) is 2.18. The molecular formula is C13H20BrNO. The van der Waals surface area contributed by atoms with E-state index in [2.05, 4.69) is 20.7 Å². The predicted octanol–water partition coefficient (Wildman–Crippen LogP) is 0.0270. The van der Waals surface area contributed by atoms with E-state index in [4.69, 9.17) is 4.84 Å². The van der Waals surface area contributed by atoms with Gasteiger partial charge in [-0.15, -0.1) is 11.2 Å². The van der Waals surface area contributed by atoms with Crippen molar-refractivity contribution in [3.8, 4) is 5.75 Å². The van der Waals surface area contributed by atoms with Gasteiger partial charge in [0.15, 0.2) is 5.75 Å². The van der Waals surface area contributed by atoms with E-state index in [0.717, 1.165) is 25.1 Å². The molecule has 0 N–H and O–H groups in total. The summed E-state index contributed by atoms with van der Waals surface area (Å²) in [6.07, 6.45) is 4.09. The lowest BCUT2D eigenvalue weighted by atomic mass is 10.3. The summed E-state index contributed by atoms with van der Waals surface area (Å²) in [4.78, 5) is 5.85. The van der Waals surface area contributed by atoms with Crippen molar-refractivity contribution in [1.29, 1.82) is 0 Å². The number of hydrogen-bond acceptors (Lipinski definition) is 1. The highest BCUT2D eigenvalue weighted by Gasteiger charge is 2.16. The molecule has 0 saturated heterocycles. The zero-order valence-electron chi connectivity index (χ0n) is 10.0. The monoisotopic (exact) mass is 285 g/mol. The second-order valence-corrected chi connectivity index (χ2v) is 4.13. The highest BCUT2D eigenvalue weighted by molar-refractivity contribution is 5.20. The Bertz CT molecular complexity index is 298. The molecule has 0 saturated carbocycles. The molecule has 0 atom stereocenters. The first-order valence-electron chi connectivity index (χ1n) is 5.32. The number of unbranched alkanes of at least 4 members (excludes halogenated alkanes) is 1. The van der Waals surface area contributed by atoms with Crippen molar-refractivity contribution < 1.29 is 26.5 Å². The Morgan fingerprint density at radius 1 is 1.25 bits per heavy atom. The Morgan fingerprint density at radius 2 is 1.88 bits per heavy atom. The topological polar surface area (TPSA) is 9.23 Å². The van der Waals surface area contributed by atoms with Crippen molar-refractivity contribution >= 4 is 0 Å². The fraction of sp³-hybridized carbons (Fsp3) is 0.385. The summed E-state index contributed by atoms with van der Waals surface area (Å²) in [5, 5.41) is 0. The summed E-state index contributed by atoms with van der Waals surface area (Å²) in [5.74, 6) is 0.918. The number of benzene rings is 1. The number of nitrogens with zero attached hydrogens (tertiary/aromatic N) is 1. The molecule has 0 amide bonds. The lowest BCUT2D eigenvalue weighted by Gasteiger charge is -2.27. The second-order valence-electron chi connectivity index (χ2n) is 4.13. The molecule has 0 spiro atoms. The summed E-state index contributed by atoms with van der Waals surface area (Å²) >= 11 is 0. The summed E-state index contributed by atoms with van der Waals surface area (Å²) in [5.41, 5.74) is 0. The minimum Gasteiger partial charge on any atom is -1.00 e. The molecule has 1 rings (SSSR count). The molecule has 90 valence electrons. The second kappa shape index (κ2) is 7.47. The van der Waals surface area contributed by atoms with Crippen LogP contribution in [0.5, 0.6) is 5.75 Å². The maximum atomic E-state index is 5.85. The molecule has 0 heterocycles. The van der Waals surface area contributed by atoms with Crippen LogP contribution >= 0.6 is 0 Å². The first-order valence-corrected chi connectivity index (χ1v) is 5.32. The van der Waals surface area contributed by atoms with Crippen molar-refractivity contribution in [1.82, 2.24) is 0 Å². The van der Waals surface area contributed by atoms with E-state index in [0.29, 0.717) is 4.65 Å². The van der Waals surface area contributed by atoms with E-state index < -0.39 is 0 Å². The fourth-order valence-corrected chi connectivity index (χ4v) is 1.43. The Hall–Kier alpha value is -0.800. The van der Waals surface area contributed by atoms with Gasteiger partial charge in [-0.05, 0) is 18.6 Å². The number of para-hydroxylation sites is 1. The minimum atomic E-state index is 0. The van der Waals surface area contributed by atoms with Gasteiger partial charge in [0.25, 0.3) is 0 Å². The molecule has 0 unspecified atom stereocenters. The highest BCUT2D eigenvalue weighted by atomic mass is 79.9. The van der Waals surface area contributed by atoms with E-state index >= 15 is 0 Å². The quantitative estimate of drug-likeness (QED) is 0.310. The standard InChI is InChI=1S/C13H20NO.BrH/c1-4-5-9-12-14(2,3)15-13-10-7-6-8-11-13;/h4,6-8,10-11H,1,5,9,12H2,2-3H3;1H/q+1;/p-1.